The summed E-state index contributed by atoms with van der Waals surface area (Å²) in [4.78, 5) is 18.7. The summed E-state index contributed by atoms with van der Waals surface area (Å²) >= 11 is 0. The van der Waals surface area contributed by atoms with E-state index in [0.29, 0.717) is 13.2 Å². The van der Waals surface area contributed by atoms with E-state index in [0.717, 1.165) is 48.2 Å². The van der Waals surface area contributed by atoms with Crippen LogP contribution in [0.3, 0.4) is 0 Å². The molecule has 0 saturated heterocycles. The van der Waals surface area contributed by atoms with Crippen LogP contribution in [0, 0.1) is 6.92 Å². The Morgan fingerprint density at radius 3 is 2.64 bits per heavy atom. The molecule has 1 aromatic heterocycles. The molecular weight excluding hydrogens is 348 g/mol. The fraction of sp³-hybridized carbons (Fsp3) is 0.375. The van der Waals surface area contributed by atoms with Gasteiger partial charge in [-0.3, -0.25) is 4.79 Å². The van der Waals surface area contributed by atoms with Crippen molar-refractivity contribution >= 4 is 16.8 Å². The van der Waals surface area contributed by atoms with E-state index in [2.05, 4.69) is 43.1 Å². The third-order valence-corrected chi connectivity index (χ3v) is 5.61. The molecule has 0 radical (unpaired) electrons. The summed E-state index contributed by atoms with van der Waals surface area (Å²) in [6.45, 7) is 6.46. The van der Waals surface area contributed by atoms with Crippen molar-refractivity contribution in [1.82, 2.24) is 9.88 Å². The van der Waals surface area contributed by atoms with E-state index in [1.807, 2.05) is 29.2 Å². The molecule has 1 aliphatic rings. The summed E-state index contributed by atoms with van der Waals surface area (Å²) in [5.74, 6) is 0.124. The zero-order chi connectivity index (χ0) is 19.5. The molecule has 146 valence electrons. The lowest BCUT2D eigenvalue weighted by atomic mass is 9.95. The number of carbonyl (C=O) groups excluding carboxylic acids is 1. The van der Waals surface area contributed by atoms with Crippen LogP contribution < -0.4 is 0 Å². The van der Waals surface area contributed by atoms with Crippen LogP contribution >= 0.6 is 0 Å². The number of ether oxygens (including phenoxy) is 1. The van der Waals surface area contributed by atoms with Crippen molar-refractivity contribution in [1.29, 1.82) is 0 Å². The number of aryl methyl sites for hydroxylation is 1. The van der Waals surface area contributed by atoms with Crippen LogP contribution in [-0.4, -0.2) is 35.5 Å². The van der Waals surface area contributed by atoms with Gasteiger partial charge in [0.15, 0.2) is 0 Å². The third-order valence-electron chi connectivity index (χ3n) is 5.61. The van der Waals surface area contributed by atoms with Crippen LogP contribution in [0.5, 0.6) is 0 Å². The molecule has 1 atom stereocenters. The molecule has 4 nitrogen and oxygen atoms in total. The van der Waals surface area contributed by atoms with Crippen molar-refractivity contribution in [3.63, 3.8) is 0 Å². The Morgan fingerprint density at radius 2 is 1.79 bits per heavy atom. The van der Waals surface area contributed by atoms with Crippen molar-refractivity contribution in [2.24, 2.45) is 0 Å². The number of hydrogen-bond acceptors (Lipinski definition) is 2. The van der Waals surface area contributed by atoms with Crippen molar-refractivity contribution < 1.29 is 9.53 Å². The fourth-order valence-corrected chi connectivity index (χ4v) is 4.25. The van der Waals surface area contributed by atoms with Crippen LogP contribution in [0.2, 0.25) is 0 Å². The largest absolute Gasteiger partial charge is 0.381 e. The third kappa shape index (κ3) is 3.33. The number of aromatic amines is 1. The number of amides is 1. The van der Waals surface area contributed by atoms with E-state index in [1.54, 1.807) is 0 Å². The first-order valence-electron chi connectivity index (χ1n) is 10.3. The Labute approximate surface area is 166 Å². The van der Waals surface area contributed by atoms with Gasteiger partial charge in [0.1, 0.15) is 0 Å². The van der Waals surface area contributed by atoms with Crippen LogP contribution in [0.4, 0.5) is 0 Å². The monoisotopic (exact) mass is 376 g/mol. The number of rotatable bonds is 8. The smallest absolute Gasteiger partial charge is 0.255 e. The Kier molecular flexibility index (Phi) is 5.49. The van der Waals surface area contributed by atoms with Gasteiger partial charge in [0.05, 0.1) is 6.04 Å². The molecule has 2 aromatic carbocycles. The lowest BCUT2D eigenvalue weighted by molar-refractivity contribution is 0.0709. The lowest BCUT2D eigenvalue weighted by Gasteiger charge is -2.26. The Morgan fingerprint density at radius 1 is 1.04 bits per heavy atom. The zero-order valence-electron chi connectivity index (χ0n) is 16.7. The van der Waals surface area contributed by atoms with Gasteiger partial charge in [0.25, 0.3) is 5.91 Å². The molecule has 0 fully saturated rings. The number of fused-ring (bicyclic) bond motifs is 2. The average molecular weight is 377 g/mol. The fourth-order valence-electron chi connectivity index (χ4n) is 4.25. The molecule has 0 aliphatic carbocycles. The van der Waals surface area contributed by atoms with E-state index < -0.39 is 0 Å². The second kappa shape index (κ2) is 8.19. The SMILES string of the molecule is CCCCOCCCN1C(=O)c2ccccc2[C@@H]1c1c(C)[nH]c2ccccc12. The maximum Gasteiger partial charge on any atom is 0.255 e. The van der Waals surface area contributed by atoms with Gasteiger partial charge in [0, 0.05) is 47.5 Å². The van der Waals surface area contributed by atoms with Gasteiger partial charge in [-0.05, 0) is 37.5 Å². The van der Waals surface area contributed by atoms with Gasteiger partial charge in [0.2, 0.25) is 0 Å². The maximum atomic E-state index is 13.2. The molecular formula is C24H28N2O2. The summed E-state index contributed by atoms with van der Waals surface area (Å²) in [5.41, 5.74) is 5.38. The second-order valence-corrected chi connectivity index (χ2v) is 7.52. The maximum absolute atomic E-state index is 13.2. The van der Waals surface area contributed by atoms with Gasteiger partial charge in [-0.15, -0.1) is 0 Å². The number of aromatic nitrogens is 1. The molecule has 1 aliphatic heterocycles. The number of benzene rings is 2. The predicted molar refractivity (Wildman–Crippen MR) is 113 cm³/mol. The van der Waals surface area contributed by atoms with Gasteiger partial charge in [-0.25, -0.2) is 0 Å². The molecule has 4 heteroatoms. The molecule has 28 heavy (non-hydrogen) atoms. The first-order chi connectivity index (χ1) is 13.7. The van der Waals surface area contributed by atoms with Crippen molar-refractivity contribution in [2.75, 3.05) is 19.8 Å². The van der Waals surface area contributed by atoms with Gasteiger partial charge in [-0.1, -0.05) is 49.7 Å². The molecule has 0 bridgehead atoms. The van der Waals surface area contributed by atoms with Crippen molar-refractivity contribution in [2.45, 2.75) is 39.2 Å². The molecule has 1 amide bonds. The van der Waals surface area contributed by atoms with Crippen LogP contribution in [-0.2, 0) is 4.74 Å². The lowest BCUT2D eigenvalue weighted by Crippen LogP contribution is -2.30. The number of unbranched alkanes of at least 4 members (excludes halogenated alkanes) is 1. The van der Waals surface area contributed by atoms with E-state index in [4.69, 9.17) is 4.74 Å². The summed E-state index contributed by atoms with van der Waals surface area (Å²) in [7, 11) is 0. The molecule has 0 unspecified atom stereocenters. The predicted octanol–water partition coefficient (Wildman–Crippen LogP) is 5.23. The minimum atomic E-state index is -0.0458. The number of para-hydroxylation sites is 1. The topological polar surface area (TPSA) is 45.3 Å². The number of H-pyrrole nitrogens is 1. The van der Waals surface area contributed by atoms with Gasteiger partial charge >= 0.3 is 0 Å². The van der Waals surface area contributed by atoms with E-state index in [9.17, 15) is 4.79 Å². The minimum Gasteiger partial charge on any atom is -0.381 e. The quantitative estimate of drug-likeness (QED) is 0.547. The Bertz CT molecular complexity index is 976. The van der Waals surface area contributed by atoms with Crippen LogP contribution in [0.15, 0.2) is 48.5 Å². The number of carbonyl (C=O) groups is 1. The Hall–Kier alpha value is -2.59. The van der Waals surface area contributed by atoms with Gasteiger partial charge in [-0.2, -0.15) is 0 Å². The Balaban J connectivity index is 1.65. The molecule has 1 N–H and O–H groups in total. The standard InChI is InChI=1S/C24H28N2O2/c1-3-4-15-28-16-9-14-26-23(18-10-5-6-11-19(18)24(26)27)22-17(2)25-21-13-8-7-12-20(21)22/h5-8,10-13,23,25H,3-4,9,14-16H2,1-2H3/t23-/m1/s1. The number of nitrogens with one attached hydrogen (secondary N) is 1. The molecule has 2 heterocycles. The summed E-state index contributed by atoms with van der Waals surface area (Å²) in [6, 6.07) is 16.3. The highest BCUT2D eigenvalue weighted by molar-refractivity contribution is 6.01. The zero-order valence-corrected chi connectivity index (χ0v) is 16.7. The average Bonchev–Trinajstić information content (AvgIpc) is 3.18. The number of hydrogen-bond donors (Lipinski definition) is 1. The first-order valence-corrected chi connectivity index (χ1v) is 10.3. The number of nitrogens with zero attached hydrogens (tertiary/aromatic N) is 1. The first kappa shape index (κ1) is 18.8. The highest BCUT2D eigenvalue weighted by Gasteiger charge is 2.38. The van der Waals surface area contributed by atoms with E-state index in [1.165, 1.54) is 10.9 Å². The normalized spacial score (nSPS) is 16.1. The molecule has 0 saturated carbocycles. The molecule has 4 rings (SSSR count). The summed E-state index contributed by atoms with van der Waals surface area (Å²) in [6.07, 6.45) is 3.08. The van der Waals surface area contributed by atoms with E-state index >= 15 is 0 Å². The highest BCUT2D eigenvalue weighted by Crippen LogP contribution is 2.42. The van der Waals surface area contributed by atoms with Crippen LogP contribution in [0.1, 0.15) is 59.4 Å². The van der Waals surface area contributed by atoms with Gasteiger partial charge < -0.3 is 14.6 Å². The highest BCUT2D eigenvalue weighted by atomic mass is 16.5. The van der Waals surface area contributed by atoms with Crippen molar-refractivity contribution in [3.8, 4) is 0 Å². The second-order valence-electron chi connectivity index (χ2n) is 7.52. The van der Waals surface area contributed by atoms with E-state index in [-0.39, 0.29) is 11.9 Å². The van der Waals surface area contributed by atoms with Crippen molar-refractivity contribution in [3.05, 3.63) is 70.9 Å². The molecule has 3 aromatic rings. The summed E-state index contributed by atoms with van der Waals surface area (Å²) in [5, 5.41) is 1.19. The minimum absolute atomic E-state index is 0.0458. The molecule has 0 spiro atoms. The van der Waals surface area contributed by atoms with Crippen LogP contribution in [0.25, 0.3) is 10.9 Å². The summed E-state index contributed by atoms with van der Waals surface area (Å²) < 4.78 is 5.72.